The number of sulfone groups is 1. The number of halogens is 1. The van der Waals surface area contributed by atoms with Gasteiger partial charge in [-0.25, -0.2) is 8.42 Å². The van der Waals surface area contributed by atoms with Crippen molar-refractivity contribution in [1.82, 2.24) is 5.32 Å². The highest BCUT2D eigenvalue weighted by Crippen LogP contribution is 1.90. The van der Waals surface area contributed by atoms with Gasteiger partial charge in [0.05, 0.1) is 5.75 Å². The summed E-state index contributed by atoms with van der Waals surface area (Å²) in [6.45, 7) is 1.70. The first kappa shape index (κ1) is 13.2. The zero-order valence-corrected chi connectivity index (χ0v) is 9.62. The molecule has 0 aliphatic rings. The van der Waals surface area contributed by atoms with E-state index >= 15 is 0 Å². The summed E-state index contributed by atoms with van der Waals surface area (Å²) in [6.07, 6.45) is 4.03. The molecule has 0 rings (SSSR count). The lowest BCUT2D eigenvalue weighted by atomic mass is 10.3. The molecular formula is C8H18ClNO2S. The Kier molecular flexibility index (Phi) is 7.71. The minimum Gasteiger partial charge on any atom is -0.317 e. The van der Waals surface area contributed by atoms with Crippen molar-refractivity contribution in [3.05, 3.63) is 0 Å². The molecule has 0 aromatic rings. The molecule has 0 fully saturated rings. The van der Waals surface area contributed by atoms with Gasteiger partial charge in [-0.15, -0.1) is 11.6 Å². The molecule has 0 unspecified atom stereocenters. The highest BCUT2D eigenvalue weighted by molar-refractivity contribution is 7.90. The Balaban J connectivity index is 3.09. The minimum absolute atomic E-state index is 0.273. The van der Waals surface area contributed by atoms with E-state index < -0.39 is 9.84 Å². The largest absolute Gasteiger partial charge is 0.317 e. The first-order valence-corrected chi connectivity index (χ1v) is 7.10. The first-order chi connectivity index (χ1) is 6.06. The average molecular weight is 228 g/mol. The summed E-state index contributed by atoms with van der Waals surface area (Å²) < 4.78 is 21.4. The molecular weight excluding hydrogens is 210 g/mol. The predicted octanol–water partition coefficient (Wildman–Crippen LogP) is 1.03. The zero-order chi connectivity index (χ0) is 10.2. The fourth-order valence-electron chi connectivity index (χ4n) is 0.929. The molecule has 0 spiro atoms. The Morgan fingerprint density at radius 3 is 2.31 bits per heavy atom. The van der Waals surface area contributed by atoms with Crippen LogP contribution in [0.5, 0.6) is 0 Å². The molecule has 0 aromatic carbocycles. The Bertz CT molecular complexity index is 204. The van der Waals surface area contributed by atoms with Gasteiger partial charge in [-0.05, 0) is 32.4 Å². The van der Waals surface area contributed by atoms with Crippen LogP contribution >= 0.6 is 11.6 Å². The third-order valence-corrected chi connectivity index (χ3v) is 2.90. The van der Waals surface area contributed by atoms with Gasteiger partial charge in [-0.2, -0.15) is 0 Å². The van der Waals surface area contributed by atoms with Gasteiger partial charge in [0.2, 0.25) is 0 Å². The van der Waals surface area contributed by atoms with Crippen LogP contribution in [-0.2, 0) is 9.84 Å². The molecule has 0 aromatic heterocycles. The summed E-state index contributed by atoms with van der Waals surface area (Å²) in [5, 5.41) is 3.17. The highest BCUT2D eigenvalue weighted by atomic mass is 35.5. The van der Waals surface area contributed by atoms with E-state index in [1.807, 2.05) is 0 Å². The van der Waals surface area contributed by atoms with Crippen molar-refractivity contribution < 1.29 is 8.42 Å². The third-order valence-electron chi connectivity index (χ3n) is 1.61. The molecule has 80 valence electrons. The molecule has 0 amide bonds. The van der Waals surface area contributed by atoms with Crippen molar-refractivity contribution in [2.24, 2.45) is 0 Å². The molecule has 0 saturated heterocycles. The normalized spacial score (nSPS) is 11.8. The van der Waals surface area contributed by atoms with Gasteiger partial charge in [0.1, 0.15) is 9.84 Å². The van der Waals surface area contributed by atoms with Crippen LogP contribution in [0.4, 0.5) is 0 Å². The Labute approximate surface area is 85.8 Å². The average Bonchev–Trinajstić information content (AvgIpc) is 2.01. The Morgan fingerprint density at radius 1 is 1.15 bits per heavy atom. The summed E-state index contributed by atoms with van der Waals surface area (Å²) in [5.41, 5.74) is 0. The standard InChI is InChI=1S/C8H18ClNO2S/c1-13(11,12)8-4-7-10-6-3-2-5-9/h10H,2-8H2,1H3. The topological polar surface area (TPSA) is 46.2 Å². The molecule has 0 radical (unpaired) electrons. The van der Waals surface area contributed by atoms with Gasteiger partial charge in [-0.3, -0.25) is 0 Å². The summed E-state index contributed by atoms with van der Waals surface area (Å²) >= 11 is 5.49. The smallest absolute Gasteiger partial charge is 0.147 e. The molecule has 0 saturated carbocycles. The number of rotatable bonds is 8. The second-order valence-corrected chi connectivity index (χ2v) is 5.77. The van der Waals surface area contributed by atoms with Gasteiger partial charge in [-0.1, -0.05) is 0 Å². The second kappa shape index (κ2) is 7.59. The second-order valence-electron chi connectivity index (χ2n) is 3.13. The maximum atomic E-state index is 10.7. The molecule has 0 atom stereocenters. The molecule has 0 aliphatic carbocycles. The predicted molar refractivity (Wildman–Crippen MR) is 57.2 cm³/mol. The lowest BCUT2D eigenvalue weighted by Gasteiger charge is -2.02. The van der Waals surface area contributed by atoms with E-state index in [1.54, 1.807) is 0 Å². The molecule has 0 aliphatic heterocycles. The quantitative estimate of drug-likeness (QED) is 0.498. The molecule has 1 N–H and O–H groups in total. The summed E-state index contributed by atoms with van der Waals surface area (Å²) in [4.78, 5) is 0. The van der Waals surface area contributed by atoms with Gasteiger partial charge < -0.3 is 5.32 Å². The number of alkyl halides is 1. The van der Waals surface area contributed by atoms with E-state index in [9.17, 15) is 8.42 Å². The zero-order valence-electron chi connectivity index (χ0n) is 8.05. The fourth-order valence-corrected chi connectivity index (χ4v) is 1.79. The van der Waals surface area contributed by atoms with Crippen molar-refractivity contribution in [3.8, 4) is 0 Å². The van der Waals surface area contributed by atoms with E-state index in [2.05, 4.69) is 5.32 Å². The summed E-state index contributed by atoms with van der Waals surface area (Å²) in [7, 11) is -2.78. The van der Waals surface area contributed by atoms with Gasteiger partial charge in [0.25, 0.3) is 0 Å². The lowest BCUT2D eigenvalue weighted by Crippen LogP contribution is -2.19. The van der Waals surface area contributed by atoms with Crippen molar-refractivity contribution in [2.75, 3.05) is 31.0 Å². The van der Waals surface area contributed by atoms with Crippen LogP contribution in [0.2, 0.25) is 0 Å². The number of nitrogens with one attached hydrogen (secondary N) is 1. The monoisotopic (exact) mass is 227 g/mol. The van der Waals surface area contributed by atoms with E-state index in [0.29, 0.717) is 12.3 Å². The molecule has 3 nitrogen and oxygen atoms in total. The molecule has 5 heteroatoms. The van der Waals surface area contributed by atoms with Crippen LogP contribution < -0.4 is 5.32 Å². The van der Waals surface area contributed by atoms with Gasteiger partial charge >= 0.3 is 0 Å². The van der Waals surface area contributed by atoms with Crippen molar-refractivity contribution in [2.45, 2.75) is 19.3 Å². The lowest BCUT2D eigenvalue weighted by molar-refractivity contribution is 0.591. The van der Waals surface area contributed by atoms with Gasteiger partial charge in [0, 0.05) is 12.1 Å². The van der Waals surface area contributed by atoms with Crippen LogP contribution in [-0.4, -0.2) is 39.4 Å². The highest BCUT2D eigenvalue weighted by Gasteiger charge is 1.99. The van der Waals surface area contributed by atoms with E-state index in [0.717, 1.165) is 25.9 Å². The number of hydrogen-bond donors (Lipinski definition) is 1. The summed E-state index contributed by atoms with van der Waals surface area (Å²) in [5.74, 6) is 0.973. The van der Waals surface area contributed by atoms with Crippen LogP contribution in [0, 0.1) is 0 Å². The Morgan fingerprint density at radius 2 is 1.77 bits per heavy atom. The van der Waals surface area contributed by atoms with Crippen molar-refractivity contribution in [3.63, 3.8) is 0 Å². The molecule has 0 heterocycles. The number of hydrogen-bond acceptors (Lipinski definition) is 3. The third kappa shape index (κ3) is 12.2. The number of unbranched alkanes of at least 4 members (excludes halogenated alkanes) is 1. The van der Waals surface area contributed by atoms with Gasteiger partial charge in [0.15, 0.2) is 0 Å². The maximum absolute atomic E-state index is 10.7. The van der Waals surface area contributed by atoms with Crippen LogP contribution in [0.1, 0.15) is 19.3 Å². The van der Waals surface area contributed by atoms with Crippen molar-refractivity contribution >= 4 is 21.4 Å². The summed E-state index contributed by atoms with van der Waals surface area (Å²) in [6, 6.07) is 0. The first-order valence-electron chi connectivity index (χ1n) is 4.50. The van der Waals surface area contributed by atoms with Crippen LogP contribution in [0.25, 0.3) is 0 Å². The fraction of sp³-hybridized carbons (Fsp3) is 1.00. The SMILES string of the molecule is CS(=O)(=O)CCCNCCCCCl. The van der Waals surface area contributed by atoms with Crippen LogP contribution in [0.3, 0.4) is 0 Å². The Hall–Kier alpha value is 0.200. The molecule has 0 bridgehead atoms. The van der Waals surface area contributed by atoms with E-state index in [1.165, 1.54) is 6.26 Å². The molecule has 13 heavy (non-hydrogen) atoms. The minimum atomic E-state index is -2.78. The van der Waals surface area contributed by atoms with Crippen molar-refractivity contribution in [1.29, 1.82) is 0 Å². The van der Waals surface area contributed by atoms with E-state index in [4.69, 9.17) is 11.6 Å². The van der Waals surface area contributed by atoms with Crippen LogP contribution in [0.15, 0.2) is 0 Å². The van der Waals surface area contributed by atoms with E-state index in [-0.39, 0.29) is 5.75 Å². The maximum Gasteiger partial charge on any atom is 0.147 e.